The minimum absolute atomic E-state index is 0.0844. The van der Waals surface area contributed by atoms with Crippen LogP contribution in [0.4, 0.5) is 0 Å². The Morgan fingerprint density at radius 2 is 2.10 bits per heavy atom. The molecular weight excluding hydrogens is 398 g/mol. The summed E-state index contributed by atoms with van der Waals surface area (Å²) < 4.78 is 6.89. The molecule has 2 aromatic heterocycles. The summed E-state index contributed by atoms with van der Waals surface area (Å²) in [5.74, 6) is -0.155. The van der Waals surface area contributed by atoms with Crippen LogP contribution in [0.2, 0.25) is 0 Å². The number of amides is 3. The third kappa shape index (κ3) is 3.96. The normalized spacial score (nSPS) is 21.2. The van der Waals surface area contributed by atoms with E-state index in [0.717, 1.165) is 31.4 Å². The lowest BCUT2D eigenvalue weighted by molar-refractivity contribution is -0.133. The number of carbonyl (C=O) groups excluding carboxylic acids is 3. The van der Waals surface area contributed by atoms with Crippen molar-refractivity contribution in [3.05, 3.63) is 41.9 Å². The van der Waals surface area contributed by atoms with Gasteiger partial charge in [0.15, 0.2) is 5.69 Å². The molecule has 0 saturated heterocycles. The summed E-state index contributed by atoms with van der Waals surface area (Å²) >= 11 is 0. The van der Waals surface area contributed by atoms with Gasteiger partial charge in [-0.25, -0.2) is 4.98 Å². The predicted molar refractivity (Wildman–Crippen MR) is 112 cm³/mol. The highest BCUT2D eigenvalue weighted by molar-refractivity contribution is 6.07. The molecule has 31 heavy (non-hydrogen) atoms. The van der Waals surface area contributed by atoms with Gasteiger partial charge in [0.05, 0.1) is 19.1 Å². The largest absolute Gasteiger partial charge is 0.469 e. The number of aromatic nitrogens is 2. The maximum Gasteiger partial charge on any atom is 0.273 e. The van der Waals surface area contributed by atoms with Gasteiger partial charge in [0.25, 0.3) is 11.8 Å². The van der Waals surface area contributed by atoms with Crippen molar-refractivity contribution in [3.63, 3.8) is 0 Å². The van der Waals surface area contributed by atoms with E-state index in [-0.39, 0.29) is 35.8 Å². The van der Waals surface area contributed by atoms with Crippen LogP contribution >= 0.6 is 0 Å². The minimum atomic E-state index is -1.03. The molecule has 1 atom stereocenters. The highest BCUT2D eigenvalue weighted by atomic mass is 16.3. The summed E-state index contributed by atoms with van der Waals surface area (Å²) in [4.78, 5) is 45.0. The minimum Gasteiger partial charge on any atom is -0.469 e. The van der Waals surface area contributed by atoms with E-state index in [4.69, 9.17) is 4.42 Å². The van der Waals surface area contributed by atoms with Crippen LogP contribution in [0.1, 0.15) is 66.3 Å². The number of hydrogen-bond acceptors (Lipinski definition) is 5. The van der Waals surface area contributed by atoms with Crippen molar-refractivity contribution in [3.8, 4) is 0 Å². The first-order valence-electron chi connectivity index (χ1n) is 10.9. The second-order valence-electron chi connectivity index (χ2n) is 8.43. The zero-order valence-corrected chi connectivity index (χ0v) is 18.0. The average molecular weight is 428 g/mol. The van der Waals surface area contributed by atoms with Crippen LogP contribution in [0, 0.1) is 0 Å². The van der Waals surface area contributed by atoms with Gasteiger partial charge in [-0.05, 0) is 38.8 Å². The summed E-state index contributed by atoms with van der Waals surface area (Å²) in [6.45, 7) is 4.61. The lowest BCUT2D eigenvalue weighted by Crippen LogP contribution is -2.64. The Labute approximate surface area is 181 Å². The lowest BCUT2D eigenvalue weighted by atomic mass is 9.94. The number of furan rings is 1. The summed E-state index contributed by atoms with van der Waals surface area (Å²) in [7, 11) is 0. The number of likely N-dealkylation sites (N-methyl/N-ethyl adjacent to an activating group) is 1. The third-order valence-electron chi connectivity index (χ3n) is 6.31. The van der Waals surface area contributed by atoms with Gasteiger partial charge in [-0.3, -0.25) is 14.4 Å². The smallest absolute Gasteiger partial charge is 0.273 e. The highest BCUT2D eigenvalue weighted by Crippen LogP contribution is 2.29. The van der Waals surface area contributed by atoms with E-state index < -0.39 is 11.4 Å². The molecule has 0 bridgehead atoms. The number of nitrogens with one attached hydrogen (secondary N) is 2. The van der Waals surface area contributed by atoms with E-state index in [9.17, 15) is 14.4 Å². The number of nitrogens with zero attached hydrogens (tertiary/aromatic N) is 3. The number of imidazole rings is 1. The van der Waals surface area contributed by atoms with E-state index in [1.807, 2.05) is 13.0 Å². The topological polar surface area (TPSA) is 109 Å². The molecule has 0 spiro atoms. The molecule has 1 aliphatic heterocycles. The Morgan fingerprint density at radius 1 is 1.32 bits per heavy atom. The molecule has 9 heteroatoms. The molecule has 1 unspecified atom stereocenters. The van der Waals surface area contributed by atoms with Gasteiger partial charge in [-0.1, -0.05) is 12.8 Å². The molecule has 3 amide bonds. The molecule has 1 fully saturated rings. The van der Waals surface area contributed by atoms with Crippen LogP contribution in [0.15, 0.2) is 29.1 Å². The zero-order chi connectivity index (χ0) is 22.0. The number of carbonyl (C=O) groups is 3. The van der Waals surface area contributed by atoms with Crippen molar-refractivity contribution < 1.29 is 18.8 Å². The summed E-state index contributed by atoms with van der Waals surface area (Å²) in [5, 5.41) is 5.91. The van der Waals surface area contributed by atoms with Gasteiger partial charge in [0.1, 0.15) is 17.0 Å². The molecular formula is C22H29N5O4. The van der Waals surface area contributed by atoms with Crippen LogP contribution in [0.3, 0.4) is 0 Å². The predicted octanol–water partition coefficient (Wildman–Crippen LogP) is 1.74. The highest BCUT2D eigenvalue weighted by Gasteiger charge is 2.48. The first-order chi connectivity index (χ1) is 14.9. The number of rotatable bonds is 7. The van der Waals surface area contributed by atoms with Gasteiger partial charge in [0, 0.05) is 25.6 Å². The molecule has 2 aliphatic rings. The van der Waals surface area contributed by atoms with Gasteiger partial charge in [0.2, 0.25) is 5.91 Å². The molecule has 9 nitrogen and oxygen atoms in total. The molecule has 3 heterocycles. The van der Waals surface area contributed by atoms with Crippen LogP contribution in [0.25, 0.3) is 0 Å². The van der Waals surface area contributed by atoms with Gasteiger partial charge in [-0.15, -0.1) is 0 Å². The molecule has 2 aromatic rings. The first-order valence-corrected chi connectivity index (χ1v) is 10.9. The van der Waals surface area contributed by atoms with Crippen LogP contribution in [0.5, 0.6) is 0 Å². The second kappa shape index (κ2) is 8.56. The summed E-state index contributed by atoms with van der Waals surface area (Å²) in [6.07, 6.45) is 7.78. The molecule has 166 valence electrons. The van der Waals surface area contributed by atoms with Crippen molar-refractivity contribution >= 4 is 17.7 Å². The summed E-state index contributed by atoms with van der Waals surface area (Å²) in [5.41, 5.74) is -0.723. The van der Waals surface area contributed by atoms with Crippen LogP contribution in [-0.2, 0) is 17.8 Å². The Balaban J connectivity index is 1.51. The second-order valence-corrected chi connectivity index (χ2v) is 8.43. The number of hydrogen-bond donors (Lipinski definition) is 2. The third-order valence-corrected chi connectivity index (χ3v) is 6.31. The lowest BCUT2D eigenvalue weighted by Gasteiger charge is -2.43. The standard InChI is InChI=1S/C22H29N5O4/c1-3-27-20(29)18-17(19(28)23-11-10-16-9-6-12-31-16)24-14-26(18)13-22(27,2)21(30)25-15-7-4-5-8-15/h6,9,12,14-15H,3-5,7-8,10-11,13H2,1-2H3,(H,23,28)(H,25,30). The molecule has 2 N–H and O–H groups in total. The van der Waals surface area contributed by atoms with Gasteiger partial charge < -0.3 is 24.5 Å². The maximum absolute atomic E-state index is 13.3. The monoisotopic (exact) mass is 427 g/mol. The Kier molecular flexibility index (Phi) is 5.84. The Hall–Kier alpha value is -3.10. The fourth-order valence-electron chi connectivity index (χ4n) is 4.60. The van der Waals surface area contributed by atoms with Crippen molar-refractivity contribution in [2.24, 2.45) is 0 Å². The molecule has 0 aromatic carbocycles. The van der Waals surface area contributed by atoms with E-state index >= 15 is 0 Å². The van der Waals surface area contributed by atoms with Gasteiger partial charge in [-0.2, -0.15) is 0 Å². The van der Waals surface area contributed by atoms with E-state index in [1.54, 1.807) is 28.7 Å². The Morgan fingerprint density at radius 3 is 2.77 bits per heavy atom. The quantitative estimate of drug-likeness (QED) is 0.700. The molecule has 1 aliphatic carbocycles. The van der Waals surface area contributed by atoms with Gasteiger partial charge >= 0.3 is 0 Å². The average Bonchev–Trinajstić information content (AvgIpc) is 3.50. The molecule has 4 rings (SSSR count). The molecule has 0 radical (unpaired) electrons. The maximum atomic E-state index is 13.3. The SMILES string of the molecule is CCN1C(=O)c2c(C(=O)NCCc3ccco3)ncn2CC1(C)C(=O)NC1CCCC1. The van der Waals surface area contributed by atoms with Crippen molar-refractivity contribution in [2.75, 3.05) is 13.1 Å². The van der Waals surface area contributed by atoms with Crippen molar-refractivity contribution in [2.45, 2.75) is 64.1 Å². The van der Waals surface area contributed by atoms with Crippen molar-refractivity contribution in [1.29, 1.82) is 0 Å². The number of fused-ring (bicyclic) bond motifs is 1. The van der Waals surface area contributed by atoms with Crippen molar-refractivity contribution in [1.82, 2.24) is 25.1 Å². The fraction of sp³-hybridized carbons (Fsp3) is 0.545. The van der Waals surface area contributed by atoms with Crippen LogP contribution < -0.4 is 10.6 Å². The fourth-order valence-corrected chi connectivity index (χ4v) is 4.60. The van der Waals surface area contributed by atoms with E-state index in [0.29, 0.717) is 19.5 Å². The van der Waals surface area contributed by atoms with Crippen LogP contribution in [-0.4, -0.2) is 56.8 Å². The van der Waals surface area contributed by atoms with E-state index in [2.05, 4.69) is 15.6 Å². The Bertz CT molecular complexity index is 961. The zero-order valence-electron chi connectivity index (χ0n) is 18.0. The van der Waals surface area contributed by atoms with E-state index in [1.165, 1.54) is 6.33 Å². The summed E-state index contributed by atoms with van der Waals surface area (Å²) in [6, 6.07) is 3.80. The first kappa shape index (κ1) is 21.1. The molecule has 1 saturated carbocycles.